The molecule has 0 fully saturated rings. The molecule has 0 amide bonds. The fourth-order valence-corrected chi connectivity index (χ4v) is 2.31. The minimum absolute atomic E-state index is 0.0658. The Morgan fingerprint density at radius 2 is 2.19 bits per heavy atom. The third-order valence-electron chi connectivity index (χ3n) is 2.66. The van der Waals surface area contributed by atoms with Crippen LogP contribution in [0, 0.1) is 0 Å². The van der Waals surface area contributed by atoms with Crippen molar-refractivity contribution in [3.8, 4) is 0 Å². The lowest BCUT2D eigenvalue weighted by atomic mass is 10.00. The molecule has 0 radical (unpaired) electrons. The van der Waals surface area contributed by atoms with Gasteiger partial charge < -0.3 is 4.57 Å². The van der Waals surface area contributed by atoms with Crippen molar-refractivity contribution in [1.82, 2.24) is 9.55 Å². The summed E-state index contributed by atoms with van der Waals surface area (Å²) in [6, 6.07) is 0. The van der Waals surface area contributed by atoms with Gasteiger partial charge in [0.25, 0.3) is 5.56 Å². The molecule has 16 heavy (non-hydrogen) atoms. The maximum atomic E-state index is 11.7. The SMILES string of the molecule is O=c1c(Cl)nc(Cl)cn1CC1=CCCCC1. The lowest BCUT2D eigenvalue weighted by Gasteiger charge is -2.14. The normalized spacial score (nSPS) is 16.0. The van der Waals surface area contributed by atoms with E-state index in [0.717, 1.165) is 12.8 Å². The van der Waals surface area contributed by atoms with Gasteiger partial charge in [-0.15, -0.1) is 0 Å². The number of rotatable bonds is 2. The lowest BCUT2D eigenvalue weighted by molar-refractivity contribution is 0.633. The Kier molecular flexibility index (Phi) is 3.66. The quantitative estimate of drug-likeness (QED) is 0.765. The lowest BCUT2D eigenvalue weighted by Crippen LogP contribution is -2.22. The molecule has 0 aliphatic heterocycles. The first-order valence-corrected chi connectivity index (χ1v) is 6.03. The van der Waals surface area contributed by atoms with Crippen LogP contribution in [0.5, 0.6) is 0 Å². The summed E-state index contributed by atoms with van der Waals surface area (Å²) in [5.41, 5.74) is 0.990. The van der Waals surface area contributed by atoms with Gasteiger partial charge in [-0.25, -0.2) is 4.98 Å². The first-order valence-electron chi connectivity index (χ1n) is 5.27. The Labute approximate surface area is 104 Å². The average Bonchev–Trinajstić information content (AvgIpc) is 2.27. The molecule has 0 saturated heterocycles. The predicted octanol–water partition coefficient (Wildman–Crippen LogP) is 3.05. The number of halogens is 2. The Morgan fingerprint density at radius 3 is 2.88 bits per heavy atom. The zero-order valence-electron chi connectivity index (χ0n) is 8.75. The van der Waals surface area contributed by atoms with E-state index in [9.17, 15) is 4.79 Å². The van der Waals surface area contributed by atoms with Crippen LogP contribution >= 0.6 is 23.2 Å². The highest BCUT2D eigenvalue weighted by atomic mass is 35.5. The molecule has 0 atom stereocenters. The van der Waals surface area contributed by atoms with E-state index < -0.39 is 0 Å². The van der Waals surface area contributed by atoms with Gasteiger partial charge >= 0.3 is 0 Å². The molecular formula is C11H12Cl2N2O. The minimum Gasteiger partial charge on any atom is -0.306 e. The molecule has 0 N–H and O–H groups in total. The van der Waals surface area contributed by atoms with Crippen LogP contribution in [0.15, 0.2) is 22.6 Å². The van der Waals surface area contributed by atoms with Crippen LogP contribution in [0.3, 0.4) is 0 Å². The van der Waals surface area contributed by atoms with Crippen molar-refractivity contribution >= 4 is 23.2 Å². The van der Waals surface area contributed by atoms with Crippen molar-refractivity contribution in [3.05, 3.63) is 38.5 Å². The maximum absolute atomic E-state index is 11.7. The van der Waals surface area contributed by atoms with Crippen LogP contribution < -0.4 is 5.56 Å². The van der Waals surface area contributed by atoms with Crippen molar-refractivity contribution in [3.63, 3.8) is 0 Å². The second-order valence-corrected chi connectivity index (χ2v) is 4.64. The monoisotopic (exact) mass is 258 g/mol. The number of hydrogen-bond donors (Lipinski definition) is 0. The third kappa shape index (κ3) is 2.66. The van der Waals surface area contributed by atoms with E-state index in [1.165, 1.54) is 29.2 Å². The smallest absolute Gasteiger partial charge is 0.288 e. The highest BCUT2D eigenvalue weighted by molar-refractivity contribution is 6.32. The van der Waals surface area contributed by atoms with Gasteiger partial charge in [-0.3, -0.25) is 4.79 Å². The molecule has 1 aromatic heterocycles. The van der Waals surface area contributed by atoms with E-state index in [0.29, 0.717) is 6.54 Å². The van der Waals surface area contributed by atoms with Crippen LogP contribution in [0.4, 0.5) is 0 Å². The number of nitrogens with zero attached hydrogens (tertiary/aromatic N) is 2. The summed E-state index contributed by atoms with van der Waals surface area (Å²) in [7, 11) is 0. The zero-order chi connectivity index (χ0) is 11.5. The van der Waals surface area contributed by atoms with Crippen LogP contribution in [0.2, 0.25) is 10.3 Å². The van der Waals surface area contributed by atoms with E-state index >= 15 is 0 Å². The molecule has 1 aliphatic carbocycles. The Balaban J connectivity index is 2.27. The summed E-state index contributed by atoms with van der Waals surface area (Å²) in [4.78, 5) is 15.4. The highest BCUT2D eigenvalue weighted by Gasteiger charge is 2.09. The van der Waals surface area contributed by atoms with E-state index in [2.05, 4.69) is 11.1 Å². The van der Waals surface area contributed by atoms with E-state index in [-0.39, 0.29) is 15.9 Å². The van der Waals surface area contributed by atoms with Gasteiger partial charge in [0.1, 0.15) is 5.15 Å². The molecule has 0 unspecified atom stereocenters. The summed E-state index contributed by atoms with van der Waals surface area (Å²) in [5, 5.41) is 0.185. The van der Waals surface area contributed by atoms with Crippen LogP contribution in [-0.4, -0.2) is 9.55 Å². The maximum Gasteiger partial charge on any atom is 0.288 e. The van der Waals surface area contributed by atoms with Crippen LogP contribution in [0.1, 0.15) is 25.7 Å². The molecule has 1 heterocycles. The molecule has 5 heteroatoms. The molecular weight excluding hydrogens is 247 g/mol. The Bertz CT molecular complexity index is 479. The summed E-state index contributed by atoms with van der Waals surface area (Å²) in [6.45, 7) is 0.570. The molecule has 3 nitrogen and oxygen atoms in total. The molecule has 0 aromatic carbocycles. The topological polar surface area (TPSA) is 34.9 Å². The summed E-state index contributed by atoms with van der Waals surface area (Å²) in [5.74, 6) is 0. The van der Waals surface area contributed by atoms with Gasteiger partial charge in [0.05, 0.1) is 0 Å². The number of allylic oxidation sites excluding steroid dienone is 2. The highest BCUT2D eigenvalue weighted by Crippen LogP contribution is 2.18. The molecule has 86 valence electrons. The summed E-state index contributed by atoms with van der Waals surface area (Å²) >= 11 is 11.5. The molecule has 0 bridgehead atoms. The van der Waals surface area contributed by atoms with Crippen LogP contribution in [0.25, 0.3) is 0 Å². The van der Waals surface area contributed by atoms with Gasteiger partial charge in [-0.1, -0.05) is 34.9 Å². The van der Waals surface area contributed by atoms with Gasteiger partial charge in [-0.2, -0.15) is 0 Å². The van der Waals surface area contributed by atoms with Crippen molar-refractivity contribution < 1.29 is 0 Å². The summed E-state index contributed by atoms with van der Waals surface area (Å²) in [6.07, 6.45) is 8.29. The van der Waals surface area contributed by atoms with Gasteiger partial charge in [-0.05, 0) is 25.7 Å². The molecule has 1 aliphatic rings. The minimum atomic E-state index is -0.280. The van der Waals surface area contributed by atoms with Crippen molar-refractivity contribution in [2.45, 2.75) is 32.2 Å². The van der Waals surface area contributed by atoms with Gasteiger partial charge in [0.15, 0.2) is 5.15 Å². The standard InChI is InChI=1S/C11H12Cl2N2O/c12-9-7-15(11(16)10(13)14-9)6-8-4-2-1-3-5-8/h4,7H,1-3,5-6H2. The molecule has 1 aromatic rings. The molecule has 0 saturated carbocycles. The van der Waals surface area contributed by atoms with E-state index in [4.69, 9.17) is 23.2 Å². The second kappa shape index (κ2) is 5.02. The Morgan fingerprint density at radius 1 is 1.38 bits per heavy atom. The van der Waals surface area contributed by atoms with E-state index in [1.54, 1.807) is 0 Å². The van der Waals surface area contributed by atoms with Crippen molar-refractivity contribution in [2.24, 2.45) is 0 Å². The fourth-order valence-electron chi connectivity index (χ4n) is 1.86. The average molecular weight is 259 g/mol. The van der Waals surface area contributed by atoms with Crippen molar-refractivity contribution in [1.29, 1.82) is 0 Å². The van der Waals surface area contributed by atoms with Gasteiger partial charge in [0.2, 0.25) is 0 Å². The van der Waals surface area contributed by atoms with Gasteiger partial charge in [0, 0.05) is 12.7 Å². The molecule has 0 spiro atoms. The first-order chi connectivity index (χ1) is 7.66. The predicted molar refractivity (Wildman–Crippen MR) is 65.1 cm³/mol. The second-order valence-electron chi connectivity index (χ2n) is 3.90. The first kappa shape index (κ1) is 11.7. The Hall–Kier alpha value is -0.800. The molecule has 2 rings (SSSR count). The number of hydrogen-bond acceptors (Lipinski definition) is 2. The summed E-state index contributed by atoms with van der Waals surface area (Å²) < 4.78 is 1.52. The zero-order valence-corrected chi connectivity index (χ0v) is 10.3. The third-order valence-corrected chi connectivity index (χ3v) is 3.09. The fraction of sp³-hybridized carbons (Fsp3) is 0.455. The van der Waals surface area contributed by atoms with E-state index in [1.807, 2.05) is 0 Å². The van der Waals surface area contributed by atoms with Crippen LogP contribution in [-0.2, 0) is 6.54 Å². The largest absolute Gasteiger partial charge is 0.306 e. The number of aromatic nitrogens is 2. The van der Waals surface area contributed by atoms with Crippen molar-refractivity contribution in [2.75, 3.05) is 0 Å².